The van der Waals surface area contributed by atoms with Crippen LogP contribution in [0.4, 0.5) is 0 Å². The maximum atomic E-state index is 12.2. The standard InChI is InChI=1S/C15H24N2O2/c1-3-13(4-2)17-10-7-12(16-17)11-14(18)15(19)8-5-6-9-15/h7,10,13,19H,3-6,8-9,11H2,1-2H3. The van der Waals surface area contributed by atoms with Gasteiger partial charge in [-0.3, -0.25) is 9.48 Å². The lowest BCUT2D eigenvalue weighted by Crippen LogP contribution is -2.36. The lowest BCUT2D eigenvalue weighted by atomic mass is 9.93. The summed E-state index contributed by atoms with van der Waals surface area (Å²) in [5.41, 5.74) is -0.309. The number of ketones is 1. The van der Waals surface area contributed by atoms with Crippen LogP contribution in [0.2, 0.25) is 0 Å². The van der Waals surface area contributed by atoms with Crippen molar-refractivity contribution < 1.29 is 9.90 Å². The van der Waals surface area contributed by atoms with E-state index in [0.29, 0.717) is 18.9 Å². The van der Waals surface area contributed by atoms with Gasteiger partial charge in [-0.2, -0.15) is 5.10 Å². The minimum atomic E-state index is -1.08. The fourth-order valence-corrected chi connectivity index (χ4v) is 2.91. The Morgan fingerprint density at radius 2 is 2.05 bits per heavy atom. The number of rotatable bonds is 6. The Bertz CT molecular complexity index is 429. The van der Waals surface area contributed by atoms with Gasteiger partial charge in [0.05, 0.1) is 18.2 Å². The zero-order chi connectivity index (χ0) is 13.9. The lowest BCUT2D eigenvalue weighted by Gasteiger charge is -2.19. The summed E-state index contributed by atoms with van der Waals surface area (Å²) >= 11 is 0. The van der Waals surface area contributed by atoms with Gasteiger partial charge >= 0.3 is 0 Å². The molecular weight excluding hydrogens is 240 g/mol. The molecule has 0 aliphatic heterocycles. The van der Waals surface area contributed by atoms with Gasteiger partial charge in [0, 0.05) is 6.20 Å². The second kappa shape index (κ2) is 5.87. The van der Waals surface area contributed by atoms with E-state index in [4.69, 9.17) is 0 Å². The van der Waals surface area contributed by atoms with Crippen LogP contribution in [0.5, 0.6) is 0 Å². The molecule has 106 valence electrons. The quantitative estimate of drug-likeness (QED) is 0.859. The van der Waals surface area contributed by atoms with E-state index in [2.05, 4.69) is 18.9 Å². The molecule has 1 N–H and O–H groups in total. The van der Waals surface area contributed by atoms with Gasteiger partial charge in [0.2, 0.25) is 0 Å². The molecule has 0 unspecified atom stereocenters. The molecule has 0 spiro atoms. The van der Waals surface area contributed by atoms with Crippen LogP contribution in [0, 0.1) is 0 Å². The van der Waals surface area contributed by atoms with Gasteiger partial charge < -0.3 is 5.11 Å². The molecule has 4 heteroatoms. The topological polar surface area (TPSA) is 55.1 Å². The van der Waals surface area contributed by atoms with Gasteiger partial charge in [-0.05, 0) is 44.6 Å². The van der Waals surface area contributed by atoms with E-state index >= 15 is 0 Å². The van der Waals surface area contributed by atoms with Crippen molar-refractivity contribution in [2.45, 2.75) is 70.4 Å². The molecule has 0 bridgehead atoms. The molecule has 0 atom stereocenters. The van der Waals surface area contributed by atoms with Crippen molar-refractivity contribution >= 4 is 5.78 Å². The van der Waals surface area contributed by atoms with Gasteiger partial charge in [-0.1, -0.05) is 13.8 Å². The van der Waals surface area contributed by atoms with Crippen molar-refractivity contribution in [1.29, 1.82) is 0 Å². The molecule has 2 rings (SSSR count). The molecule has 1 aromatic heterocycles. The predicted octanol–water partition coefficient (Wildman–Crippen LogP) is 2.66. The molecular formula is C15H24N2O2. The zero-order valence-corrected chi connectivity index (χ0v) is 11.9. The van der Waals surface area contributed by atoms with E-state index in [1.807, 2.05) is 16.9 Å². The summed E-state index contributed by atoms with van der Waals surface area (Å²) in [6, 6.07) is 2.30. The third kappa shape index (κ3) is 3.06. The van der Waals surface area contributed by atoms with E-state index in [9.17, 15) is 9.90 Å². The Hall–Kier alpha value is -1.16. The Morgan fingerprint density at radius 1 is 1.42 bits per heavy atom. The maximum Gasteiger partial charge on any atom is 0.170 e. The van der Waals surface area contributed by atoms with Gasteiger partial charge in [0.15, 0.2) is 5.78 Å². The highest BCUT2D eigenvalue weighted by Gasteiger charge is 2.38. The fraction of sp³-hybridized carbons (Fsp3) is 0.733. The Labute approximate surface area is 114 Å². The molecule has 0 aromatic carbocycles. The molecule has 1 saturated carbocycles. The van der Waals surface area contributed by atoms with Crippen LogP contribution >= 0.6 is 0 Å². The predicted molar refractivity (Wildman–Crippen MR) is 74.0 cm³/mol. The highest BCUT2D eigenvalue weighted by atomic mass is 16.3. The van der Waals surface area contributed by atoms with Crippen molar-refractivity contribution in [3.63, 3.8) is 0 Å². The van der Waals surface area contributed by atoms with Crippen LogP contribution in [0.25, 0.3) is 0 Å². The zero-order valence-electron chi connectivity index (χ0n) is 11.9. The van der Waals surface area contributed by atoms with Gasteiger partial charge in [-0.15, -0.1) is 0 Å². The van der Waals surface area contributed by atoms with Crippen LogP contribution in [-0.2, 0) is 11.2 Å². The van der Waals surface area contributed by atoms with E-state index < -0.39 is 5.60 Å². The SMILES string of the molecule is CCC(CC)n1ccc(CC(=O)C2(O)CCCC2)n1. The van der Waals surface area contributed by atoms with Crippen LogP contribution in [0.15, 0.2) is 12.3 Å². The second-order valence-corrected chi connectivity index (χ2v) is 5.60. The minimum Gasteiger partial charge on any atom is -0.382 e. The van der Waals surface area contributed by atoms with E-state index in [1.165, 1.54) is 0 Å². The van der Waals surface area contributed by atoms with Crippen LogP contribution in [0.1, 0.15) is 64.1 Å². The number of nitrogens with zero attached hydrogens (tertiary/aromatic N) is 2. The first-order valence-corrected chi connectivity index (χ1v) is 7.38. The summed E-state index contributed by atoms with van der Waals surface area (Å²) in [6.07, 6.45) is 7.39. The smallest absolute Gasteiger partial charge is 0.170 e. The lowest BCUT2D eigenvalue weighted by molar-refractivity contribution is -0.136. The normalized spacial score (nSPS) is 18.1. The summed E-state index contributed by atoms with van der Waals surface area (Å²) < 4.78 is 1.95. The summed E-state index contributed by atoms with van der Waals surface area (Å²) in [6.45, 7) is 4.28. The molecule has 0 amide bonds. The first-order valence-electron chi connectivity index (χ1n) is 7.38. The first kappa shape index (κ1) is 14.3. The van der Waals surface area contributed by atoms with Crippen LogP contribution in [0.3, 0.4) is 0 Å². The minimum absolute atomic E-state index is 0.0696. The number of hydrogen-bond acceptors (Lipinski definition) is 3. The maximum absolute atomic E-state index is 12.2. The van der Waals surface area contributed by atoms with Crippen molar-refractivity contribution in [1.82, 2.24) is 9.78 Å². The third-order valence-corrected chi connectivity index (χ3v) is 4.27. The fourth-order valence-electron chi connectivity index (χ4n) is 2.91. The van der Waals surface area contributed by atoms with Crippen molar-refractivity contribution in [3.05, 3.63) is 18.0 Å². The molecule has 0 radical (unpaired) electrons. The number of aromatic nitrogens is 2. The van der Waals surface area contributed by atoms with E-state index in [-0.39, 0.29) is 12.2 Å². The molecule has 1 aliphatic rings. The average Bonchev–Trinajstić information content (AvgIpc) is 3.02. The molecule has 1 aliphatic carbocycles. The first-order chi connectivity index (χ1) is 9.09. The highest BCUT2D eigenvalue weighted by Crippen LogP contribution is 2.31. The molecule has 0 saturated heterocycles. The van der Waals surface area contributed by atoms with E-state index in [1.54, 1.807) is 0 Å². The summed E-state index contributed by atoms with van der Waals surface area (Å²) in [7, 11) is 0. The highest BCUT2D eigenvalue weighted by molar-refractivity contribution is 5.88. The van der Waals surface area contributed by atoms with Gasteiger partial charge in [-0.25, -0.2) is 0 Å². The summed E-state index contributed by atoms with van der Waals surface area (Å²) in [4.78, 5) is 12.2. The molecule has 1 fully saturated rings. The molecule has 4 nitrogen and oxygen atoms in total. The summed E-state index contributed by atoms with van der Waals surface area (Å²) in [5.74, 6) is -0.0696. The summed E-state index contributed by atoms with van der Waals surface area (Å²) in [5, 5.41) is 14.7. The van der Waals surface area contributed by atoms with E-state index in [0.717, 1.165) is 31.4 Å². The Balaban J connectivity index is 2.01. The van der Waals surface area contributed by atoms with Crippen molar-refractivity contribution in [2.24, 2.45) is 0 Å². The van der Waals surface area contributed by atoms with Crippen LogP contribution in [-0.4, -0.2) is 26.3 Å². The average molecular weight is 264 g/mol. The molecule has 1 heterocycles. The second-order valence-electron chi connectivity index (χ2n) is 5.60. The monoisotopic (exact) mass is 264 g/mol. The molecule has 19 heavy (non-hydrogen) atoms. The van der Waals surface area contributed by atoms with Gasteiger partial charge in [0.1, 0.15) is 5.60 Å². The third-order valence-electron chi connectivity index (χ3n) is 4.27. The number of Topliss-reactive ketones (excluding diaryl/α,β-unsaturated/α-hetero) is 1. The number of hydrogen-bond donors (Lipinski definition) is 1. The van der Waals surface area contributed by atoms with Gasteiger partial charge in [0.25, 0.3) is 0 Å². The Morgan fingerprint density at radius 3 is 2.63 bits per heavy atom. The van der Waals surface area contributed by atoms with Crippen molar-refractivity contribution in [3.8, 4) is 0 Å². The van der Waals surface area contributed by atoms with Crippen molar-refractivity contribution in [2.75, 3.05) is 0 Å². The van der Waals surface area contributed by atoms with Crippen LogP contribution < -0.4 is 0 Å². The number of carbonyl (C=O) groups is 1. The largest absolute Gasteiger partial charge is 0.382 e. The molecule has 1 aromatic rings. The number of carbonyl (C=O) groups excluding carboxylic acids is 1. The Kier molecular flexibility index (Phi) is 4.40. The number of aliphatic hydroxyl groups is 1.